The number of hydrogen-bond donors (Lipinski definition) is 1. The smallest absolute Gasteiger partial charge is 0.178 e. The molecule has 81 heavy (non-hydrogen) atoms. The Kier molecular flexibility index (Phi) is 19.5. The largest absolute Gasteiger partial charge is 0.507 e. The molecule has 1 heterocycles. The van der Waals surface area contributed by atoms with Crippen LogP contribution in [0.25, 0.3) is 0 Å². The molecule has 0 aliphatic carbocycles. The van der Waals surface area contributed by atoms with Crippen molar-refractivity contribution in [2.75, 3.05) is 6.61 Å². The summed E-state index contributed by atoms with van der Waals surface area (Å²) >= 11 is 0. The molecule has 1 N–H and O–H groups in total. The number of aromatic hydroxyl groups is 1. The predicted octanol–water partition coefficient (Wildman–Crippen LogP) is 14.0. The van der Waals surface area contributed by atoms with Crippen LogP contribution in [-0.2, 0) is 69.9 Å². The van der Waals surface area contributed by atoms with Gasteiger partial charge in [0.1, 0.15) is 78.9 Å². The van der Waals surface area contributed by atoms with Crippen LogP contribution in [0, 0.1) is 0 Å². The molecule has 0 radical (unpaired) electrons. The van der Waals surface area contributed by atoms with Crippen LogP contribution in [-0.4, -0.2) is 47.7 Å². The van der Waals surface area contributed by atoms with E-state index in [1.165, 1.54) is 6.07 Å². The van der Waals surface area contributed by atoms with Crippen LogP contribution < -0.4 is 14.2 Å². The fraction of sp³-hybridized carbons (Fsp3) is 0.200. The molecule has 0 unspecified atom stereocenters. The minimum Gasteiger partial charge on any atom is -0.507 e. The summed E-state index contributed by atoms with van der Waals surface area (Å²) in [5, 5.41) is 12.4. The molecular formula is C70H64O11. The Morgan fingerprint density at radius 3 is 1.27 bits per heavy atom. The summed E-state index contributed by atoms with van der Waals surface area (Å²) in [6, 6.07) is 76.3. The van der Waals surface area contributed by atoms with Gasteiger partial charge in [0.15, 0.2) is 11.6 Å². The van der Waals surface area contributed by atoms with Crippen molar-refractivity contribution in [1.82, 2.24) is 0 Å². The van der Waals surface area contributed by atoms with Gasteiger partial charge in [0.05, 0.1) is 45.0 Å². The maximum Gasteiger partial charge on any atom is 0.178 e. The third-order valence-electron chi connectivity index (χ3n) is 13.9. The first-order chi connectivity index (χ1) is 39.9. The quantitative estimate of drug-likeness (QED) is 0.0390. The minimum absolute atomic E-state index is 0.0380. The van der Waals surface area contributed by atoms with Gasteiger partial charge in [0, 0.05) is 11.6 Å². The predicted molar refractivity (Wildman–Crippen MR) is 309 cm³/mol. The zero-order valence-corrected chi connectivity index (χ0v) is 44.9. The lowest BCUT2D eigenvalue weighted by atomic mass is 9.87. The number of phenolic OH excluding ortho intramolecular Hbond substituents is 1. The van der Waals surface area contributed by atoms with E-state index in [0.29, 0.717) is 12.4 Å². The molecule has 1 saturated heterocycles. The van der Waals surface area contributed by atoms with Gasteiger partial charge in [0.25, 0.3) is 0 Å². The zero-order valence-electron chi connectivity index (χ0n) is 44.9. The first kappa shape index (κ1) is 55.6. The summed E-state index contributed by atoms with van der Waals surface area (Å²) in [5.74, 6) is -0.949. The Morgan fingerprint density at radius 1 is 0.407 bits per heavy atom. The highest BCUT2D eigenvalue weighted by Gasteiger charge is 2.51. The van der Waals surface area contributed by atoms with Gasteiger partial charge in [-0.05, 0) is 63.2 Å². The normalized spacial score (nSPS) is 16.8. The topological polar surface area (TPSA) is 128 Å². The fourth-order valence-electron chi connectivity index (χ4n) is 9.75. The SMILES string of the molecule is O=C(CC(=O)c1c(O)cc(OCc2ccccc2)c([C@@H]2O[C@H](COCc3ccccc3)[C@@H](OCc3ccccc3)[C@H](OCc3ccccc3)[C@H]2OCc2ccccc2)c1OCc1ccccc1)c1ccc(OCc2ccccc2)cc1. The molecular weight excluding hydrogens is 1020 g/mol. The number of rotatable bonds is 27. The van der Waals surface area contributed by atoms with E-state index < -0.39 is 54.3 Å². The first-order valence-electron chi connectivity index (χ1n) is 27.2. The van der Waals surface area contributed by atoms with Gasteiger partial charge in [-0.15, -0.1) is 0 Å². The van der Waals surface area contributed by atoms with Gasteiger partial charge in [0.2, 0.25) is 0 Å². The van der Waals surface area contributed by atoms with Crippen LogP contribution in [0.3, 0.4) is 0 Å². The lowest BCUT2D eigenvalue weighted by Crippen LogP contribution is -2.58. The number of hydrogen-bond acceptors (Lipinski definition) is 11. The highest BCUT2D eigenvalue weighted by atomic mass is 16.6. The third kappa shape index (κ3) is 15.4. The molecule has 11 nitrogen and oxygen atoms in total. The van der Waals surface area contributed by atoms with Crippen molar-refractivity contribution in [2.45, 2.75) is 83.2 Å². The van der Waals surface area contributed by atoms with Gasteiger partial charge in [-0.25, -0.2) is 0 Å². The van der Waals surface area contributed by atoms with E-state index in [1.807, 2.05) is 212 Å². The number of ether oxygens (including phenoxy) is 8. The highest BCUT2D eigenvalue weighted by molar-refractivity contribution is 6.15. The average molecular weight is 1080 g/mol. The van der Waals surface area contributed by atoms with Crippen molar-refractivity contribution in [2.24, 2.45) is 0 Å². The van der Waals surface area contributed by atoms with Gasteiger partial charge >= 0.3 is 0 Å². The van der Waals surface area contributed by atoms with E-state index in [9.17, 15) is 9.90 Å². The number of carbonyl (C=O) groups is 2. The third-order valence-corrected chi connectivity index (χ3v) is 13.9. The second-order valence-corrected chi connectivity index (χ2v) is 19.8. The van der Waals surface area contributed by atoms with Crippen molar-refractivity contribution in [3.63, 3.8) is 0 Å². The summed E-state index contributed by atoms with van der Waals surface area (Å²) in [5.41, 5.74) is 6.61. The maximum absolute atomic E-state index is 15.2. The maximum atomic E-state index is 15.2. The Bertz CT molecular complexity index is 3350. The number of phenols is 1. The summed E-state index contributed by atoms with van der Waals surface area (Å²) in [4.78, 5) is 29.5. The van der Waals surface area contributed by atoms with E-state index in [4.69, 9.17) is 37.9 Å². The van der Waals surface area contributed by atoms with Gasteiger partial charge in [-0.3, -0.25) is 9.59 Å². The first-order valence-corrected chi connectivity index (χ1v) is 27.2. The molecule has 5 atom stereocenters. The molecule has 0 amide bonds. The van der Waals surface area contributed by atoms with Crippen molar-refractivity contribution < 1.29 is 52.6 Å². The molecule has 9 aromatic carbocycles. The molecule has 11 heteroatoms. The Labute approximate surface area is 473 Å². The Morgan fingerprint density at radius 2 is 0.802 bits per heavy atom. The van der Waals surface area contributed by atoms with Crippen LogP contribution in [0.5, 0.6) is 23.0 Å². The standard InChI is InChI=1S/C70H64O11/c71-59(57-36-38-58(39-37-57)75-43-51-24-10-2-11-25-51)40-60(72)64-61(73)41-62(76-44-52-26-12-3-13-27-52)65(67(64)78-46-54-30-16-5-17-31-54)68-70(80-48-56-34-20-7-21-35-56)69(79-47-55-32-18-6-19-33-55)66(77-45-53-28-14-4-15-29-53)63(81-68)49-74-42-50-22-8-1-9-23-50/h1-39,41,63,66,68-70,73H,40,42-49H2/t63-,66-,68+,69+,70+/m1/s1. The van der Waals surface area contributed by atoms with Crippen LogP contribution >= 0.6 is 0 Å². The highest BCUT2D eigenvalue weighted by Crippen LogP contribution is 2.50. The van der Waals surface area contributed by atoms with E-state index in [1.54, 1.807) is 24.3 Å². The van der Waals surface area contributed by atoms with Gasteiger partial charge < -0.3 is 43.0 Å². The van der Waals surface area contributed by atoms with Crippen LogP contribution in [0.2, 0.25) is 0 Å². The van der Waals surface area contributed by atoms with Crippen molar-refractivity contribution in [3.05, 3.63) is 298 Å². The number of Topliss-reactive ketones (excluding diaryl/α,β-unsaturated/α-hetero) is 2. The molecule has 1 aliphatic heterocycles. The second kappa shape index (κ2) is 28.5. The average Bonchev–Trinajstić information content (AvgIpc) is 3.57. The summed E-state index contributed by atoms with van der Waals surface area (Å²) in [6.07, 6.45) is -5.35. The number of carbonyl (C=O) groups excluding carboxylic acids is 2. The zero-order chi connectivity index (χ0) is 55.4. The minimum atomic E-state index is -1.17. The summed E-state index contributed by atoms with van der Waals surface area (Å²) < 4.78 is 55.2. The monoisotopic (exact) mass is 1080 g/mol. The number of ketones is 2. The van der Waals surface area contributed by atoms with E-state index >= 15 is 4.79 Å². The number of benzene rings is 9. The molecule has 0 aromatic heterocycles. The molecule has 1 fully saturated rings. The second-order valence-electron chi connectivity index (χ2n) is 19.8. The Hall–Kier alpha value is -8.68. The Balaban J connectivity index is 1.10. The lowest BCUT2D eigenvalue weighted by molar-refractivity contribution is -0.275. The van der Waals surface area contributed by atoms with Crippen LogP contribution in [0.1, 0.15) is 77.7 Å². The molecule has 0 bridgehead atoms. The van der Waals surface area contributed by atoms with E-state index in [2.05, 4.69) is 0 Å². The molecule has 10 rings (SSSR count). The summed E-state index contributed by atoms with van der Waals surface area (Å²) in [7, 11) is 0. The summed E-state index contributed by atoms with van der Waals surface area (Å²) in [6.45, 7) is 1.16. The molecule has 9 aromatic rings. The fourth-order valence-corrected chi connectivity index (χ4v) is 9.75. The van der Waals surface area contributed by atoms with E-state index in [0.717, 1.165) is 38.9 Å². The molecule has 0 saturated carbocycles. The van der Waals surface area contributed by atoms with Crippen LogP contribution in [0.4, 0.5) is 0 Å². The molecule has 0 spiro atoms. The van der Waals surface area contributed by atoms with Crippen LogP contribution in [0.15, 0.2) is 243 Å². The lowest BCUT2D eigenvalue weighted by Gasteiger charge is -2.47. The van der Waals surface area contributed by atoms with Gasteiger partial charge in [-0.2, -0.15) is 0 Å². The molecule has 410 valence electrons. The molecule has 1 aliphatic rings. The van der Waals surface area contributed by atoms with Gasteiger partial charge in [-0.1, -0.05) is 212 Å². The van der Waals surface area contributed by atoms with Crippen molar-refractivity contribution in [3.8, 4) is 23.0 Å². The van der Waals surface area contributed by atoms with Crippen molar-refractivity contribution >= 4 is 11.6 Å². The van der Waals surface area contributed by atoms with E-state index in [-0.39, 0.29) is 74.4 Å². The van der Waals surface area contributed by atoms with Crippen molar-refractivity contribution in [1.29, 1.82) is 0 Å².